The third-order valence-electron chi connectivity index (χ3n) is 6.68. The third-order valence-corrected chi connectivity index (χ3v) is 7.43. The zero-order valence-electron chi connectivity index (χ0n) is 16.4. The molecule has 0 bridgehead atoms. The van der Waals surface area contributed by atoms with Crippen LogP contribution in [0.5, 0.6) is 0 Å². The van der Waals surface area contributed by atoms with Crippen molar-refractivity contribution >= 4 is 28.4 Å². The van der Waals surface area contributed by atoms with Gasteiger partial charge in [0, 0.05) is 26.2 Å². The van der Waals surface area contributed by atoms with Gasteiger partial charge in [-0.05, 0) is 37.2 Å². The molecule has 3 amide bonds. The van der Waals surface area contributed by atoms with E-state index >= 15 is 0 Å². The minimum absolute atomic E-state index is 0.00208. The molecule has 5 rings (SSSR count). The molecular formula is C21H25N5O2S. The normalized spacial score (nSPS) is 21.9. The van der Waals surface area contributed by atoms with Crippen molar-refractivity contribution in [3.8, 4) is 0 Å². The van der Waals surface area contributed by atoms with Crippen LogP contribution in [0, 0.1) is 5.92 Å². The third kappa shape index (κ3) is 3.19. The second-order valence-corrected chi connectivity index (χ2v) is 9.12. The van der Waals surface area contributed by atoms with Crippen molar-refractivity contribution < 1.29 is 9.59 Å². The molecule has 0 unspecified atom stereocenters. The minimum Gasteiger partial charge on any atom is -0.346 e. The zero-order valence-corrected chi connectivity index (χ0v) is 17.2. The lowest BCUT2D eigenvalue weighted by Crippen LogP contribution is -2.56. The van der Waals surface area contributed by atoms with Crippen LogP contribution in [-0.2, 0) is 11.3 Å². The van der Waals surface area contributed by atoms with E-state index in [4.69, 9.17) is 0 Å². The van der Waals surface area contributed by atoms with Gasteiger partial charge in [0.25, 0.3) is 5.91 Å². The van der Waals surface area contributed by atoms with Gasteiger partial charge in [-0.15, -0.1) is 10.2 Å². The lowest BCUT2D eigenvalue weighted by Gasteiger charge is -2.42. The van der Waals surface area contributed by atoms with E-state index in [9.17, 15) is 9.59 Å². The van der Waals surface area contributed by atoms with Crippen LogP contribution in [-0.4, -0.2) is 57.1 Å². The number of aromatic nitrogens is 2. The second kappa shape index (κ2) is 7.40. The summed E-state index contributed by atoms with van der Waals surface area (Å²) in [6, 6.07) is 9.87. The Labute approximate surface area is 174 Å². The van der Waals surface area contributed by atoms with Gasteiger partial charge in [-0.25, -0.2) is 4.79 Å². The average molecular weight is 412 g/mol. The van der Waals surface area contributed by atoms with Crippen LogP contribution in [0.15, 0.2) is 35.8 Å². The first-order chi connectivity index (χ1) is 14.2. The quantitative estimate of drug-likeness (QED) is 0.707. The molecule has 3 heterocycles. The van der Waals surface area contributed by atoms with E-state index in [0.717, 1.165) is 23.5 Å². The number of urea groups is 1. The fourth-order valence-electron chi connectivity index (χ4n) is 4.72. The molecule has 1 spiro atoms. The Morgan fingerprint density at radius 2 is 1.86 bits per heavy atom. The molecule has 0 atom stereocenters. The number of hydrogen-bond donors (Lipinski definition) is 0. The molecule has 1 saturated carbocycles. The van der Waals surface area contributed by atoms with Crippen molar-refractivity contribution in [1.82, 2.24) is 20.0 Å². The predicted octanol–water partition coefficient (Wildman–Crippen LogP) is 3.14. The molecule has 7 nitrogen and oxygen atoms in total. The van der Waals surface area contributed by atoms with Crippen LogP contribution in [0.3, 0.4) is 0 Å². The van der Waals surface area contributed by atoms with Gasteiger partial charge in [-0.2, -0.15) is 0 Å². The number of imide groups is 1. The first-order valence-electron chi connectivity index (χ1n) is 10.4. The average Bonchev–Trinajstić information content (AvgIpc) is 3.31. The van der Waals surface area contributed by atoms with Crippen LogP contribution in [0.2, 0.25) is 0 Å². The number of anilines is 1. The molecule has 3 aliphatic rings. The number of benzene rings is 1. The molecule has 2 saturated heterocycles. The standard InChI is InChI=1S/C21H25N5O2S/c27-18-21(9-11-24(12-10-21)19-23-22-15-29-19)26(14-17-5-2-1-3-6-17)20(28)25(18)13-16-7-4-8-16/h1-3,5-6,15-16H,4,7-14H2. The molecule has 3 fully saturated rings. The van der Waals surface area contributed by atoms with Crippen molar-refractivity contribution in [2.75, 3.05) is 24.5 Å². The lowest BCUT2D eigenvalue weighted by molar-refractivity contribution is -0.135. The van der Waals surface area contributed by atoms with Crippen molar-refractivity contribution in [3.63, 3.8) is 0 Å². The maximum Gasteiger partial charge on any atom is 0.327 e. The Kier molecular flexibility index (Phi) is 4.73. The zero-order chi connectivity index (χ0) is 19.8. The van der Waals surface area contributed by atoms with E-state index < -0.39 is 5.54 Å². The summed E-state index contributed by atoms with van der Waals surface area (Å²) in [7, 11) is 0. The first-order valence-corrected chi connectivity index (χ1v) is 11.2. The molecule has 1 aromatic heterocycles. The van der Waals surface area contributed by atoms with Gasteiger partial charge in [-0.1, -0.05) is 48.1 Å². The molecular weight excluding hydrogens is 386 g/mol. The van der Waals surface area contributed by atoms with E-state index in [2.05, 4.69) is 15.1 Å². The summed E-state index contributed by atoms with van der Waals surface area (Å²) in [6.45, 7) is 2.46. The highest BCUT2D eigenvalue weighted by molar-refractivity contribution is 7.13. The van der Waals surface area contributed by atoms with Gasteiger partial charge in [-0.3, -0.25) is 9.69 Å². The van der Waals surface area contributed by atoms with Gasteiger partial charge in [0.1, 0.15) is 11.0 Å². The molecule has 1 aliphatic carbocycles. The topological polar surface area (TPSA) is 69.6 Å². The monoisotopic (exact) mass is 411 g/mol. The number of carbonyl (C=O) groups excluding carboxylic acids is 2. The summed E-state index contributed by atoms with van der Waals surface area (Å²) in [5, 5.41) is 8.99. The van der Waals surface area contributed by atoms with Crippen molar-refractivity contribution in [3.05, 3.63) is 41.4 Å². The van der Waals surface area contributed by atoms with Gasteiger partial charge in [0.05, 0.1) is 0 Å². The number of amides is 3. The van der Waals surface area contributed by atoms with Crippen LogP contribution >= 0.6 is 11.3 Å². The fourth-order valence-corrected chi connectivity index (χ4v) is 5.33. The Hall–Kier alpha value is -2.48. The van der Waals surface area contributed by atoms with E-state index in [-0.39, 0.29) is 11.9 Å². The molecule has 1 aromatic carbocycles. The van der Waals surface area contributed by atoms with E-state index in [0.29, 0.717) is 44.9 Å². The Morgan fingerprint density at radius 3 is 2.48 bits per heavy atom. The maximum absolute atomic E-state index is 13.6. The molecule has 8 heteroatoms. The van der Waals surface area contributed by atoms with Crippen LogP contribution in [0.1, 0.15) is 37.7 Å². The summed E-state index contributed by atoms with van der Waals surface area (Å²) >= 11 is 1.51. The lowest BCUT2D eigenvalue weighted by atomic mass is 9.83. The van der Waals surface area contributed by atoms with Gasteiger partial charge >= 0.3 is 6.03 Å². The highest BCUT2D eigenvalue weighted by Crippen LogP contribution is 2.41. The van der Waals surface area contributed by atoms with Crippen molar-refractivity contribution in [1.29, 1.82) is 0 Å². The summed E-state index contributed by atoms with van der Waals surface area (Å²) in [5.41, 5.74) is 2.05. The van der Waals surface area contributed by atoms with Gasteiger partial charge in [0.2, 0.25) is 5.13 Å². The summed E-state index contributed by atoms with van der Waals surface area (Å²) < 4.78 is 0. The highest BCUT2D eigenvalue weighted by Gasteiger charge is 2.58. The van der Waals surface area contributed by atoms with Crippen LogP contribution in [0.25, 0.3) is 0 Å². The molecule has 2 aromatic rings. The van der Waals surface area contributed by atoms with Crippen molar-refractivity contribution in [2.24, 2.45) is 5.92 Å². The van der Waals surface area contributed by atoms with Crippen LogP contribution < -0.4 is 4.90 Å². The predicted molar refractivity (Wildman–Crippen MR) is 111 cm³/mol. The molecule has 0 radical (unpaired) electrons. The summed E-state index contributed by atoms with van der Waals surface area (Å²) in [5.74, 6) is 0.473. The SMILES string of the molecule is O=C1N(CC2CCC2)C(=O)C2(CCN(c3nncs3)CC2)N1Cc1ccccc1. The van der Waals surface area contributed by atoms with E-state index in [1.165, 1.54) is 17.8 Å². The summed E-state index contributed by atoms with van der Waals surface area (Å²) in [4.78, 5) is 32.5. The second-order valence-electron chi connectivity index (χ2n) is 8.31. The van der Waals surface area contributed by atoms with Gasteiger partial charge in [0.15, 0.2) is 0 Å². The molecule has 2 aliphatic heterocycles. The Bertz CT molecular complexity index is 876. The smallest absolute Gasteiger partial charge is 0.327 e. The highest BCUT2D eigenvalue weighted by atomic mass is 32.1. The van der Waals surface area contributed by atoms with Crippen molar-refractivity contribution in [2.45, 2.75) is 44.2 Å². The molecule has 29 heavy (non-hydrogen) atoms. The van der Waals surface area contributed by atoms with E-state index in [1.54, 1.807) is 10.4 Å². The fraction of sp³-hybridized carbons (Fsp3) is 0.524. The molecule has 152 valence electrons. The summed E-state index contributed by atoms with van der Waals surface area (Å²) in [6.07, 6.45) is 4.70. The Balaban J connectivity index is 1.41. The Morgan fingerprint density at radius 1 is 1.10 bits per heavy atom. The largest absolute Gasteiger partial charge is 0.346 e. The van der Waals surface area contributed by atoms with E-state index in [1.807, 2.05) is 35.2 Å². The number of rotatable bonds is 5. The van der Waals surface area contributed by atoms with Gasteiger partial charge < -0.3 is 9.80 Å². The molecule has 0 N–H and O–H groups in total. The number of carbonyl (C=O) groups is 2. The number of nitrogens with zero attached hydrogens (tertiary/aromatic N) is 5. The first kappa shape index (κ1) is 18.5. The van der Waals surface area contributed by atoms with Crippen LogP contribution in [0.4, 0.5) is 9.93 Å². The maximum atomic E-state index is 13.6. The number of hydrogen-bond acceptors (Lipinski definition) is 6. The number of piperidine rings is 1. The minimum atomic E-state index is -0.738.